The number of fused-ring (bicyclic) bond motifs is 1. The van der Waals surface area contributed by atoms with Crippen molar-refractivity contribution in [1.29, 1.82) is 0 Å². The molecule has 5 aliphatic rings. The third-order valence-corrected chi connectivity index (χ3v) is 11.3. The molecule has 2 bridgehead atoms. The Hall–Kier alpha value is -3.38. The van der Waals surface area contributed by atoms with E-state index in [1.165, 1.54) is 40.3 Å². The molecule has 5 atom stereocenters. The first kappa shape index (κ1) is 26.1. The van der Waals surface area contributed by atoms with Crippen molar-refractivity contribution in [1.82, 2.24) is 4.90 Å². The third kappa shape index (κ3) is 3.94. The summed E-state index contributed by atoms with van der Waals surface area (Å²) in [5.74, 6) is 2.41. The lowest BCUT2D eigenvalue weighted by atomic mass is 9.48. The first-order valence-electron chi connectivity index (χ1n) is 16.2. The van der Waals surface area contributed by atoms with Gasteiger partial charge in [0.15, 0.2) is 11.5 Å². The molecule has 5 nitrogen and oxygen atoms in total. The molecule has 0 unspecified atom stereocenters. The molecule has 9 rings (SSSR count). The van der Waals surface area contributed by atoms with Crippen LogP contribution in [0.5, 0.6) is 11.5 Å². The Labute approximate surface area is 253 Å². The summed E-state index contributed by atoms with van der Waals surface area (Å²) in [6.07, 6.45) is 5.55. The van der Waals surface area contributed by atoms with E-state index in [2.05, 4.69) is 71.6 Å². The molecule has 0 aromatic heterocycles. The molecule has 2 saturated carbocycles. The summed E-state index contributed by atoms with van der Waals surface area (Å²) in [6, 6.07) is 29.7. The highest BCUT2D eigenvalue weighted by molar-refractivity contribution is 5.85. The second-order valence-electron chi connectivity index (χ2n) is 13.6. The van der Waals surface area contributed by atoms with Crippen molar-refractivity contribution in [3.05, 3.63) is 107 Å². The van der Waals surface area contributed by atoms with E-state index < -0.39 is 11.0 Å². The van der Waals surface area contributed by atoms with Gasteiger partial charge in [-0.15, -0.1) is 0 Å². The van der Waals surface area contributed by atoms with Crippen LogP contribution in [0, 0.1) is 5.92 Å². The average molecular weight is 574 g/mol. The predicted molar refractivity (Wildman–Crippen MR) is 166 cm³/mol. The van der Waals surface area contributed by atoms with E-state index in [4.69, 9.17) is 14.2 Å². The minimum atomic E-state index is -0.847. The topological polar surface area (TPSA) is 51.2 Å². The maximum atomic E-state index is 12.9. The SMILES string of the molecule is O[C@@]12CC[C@H](OCc3cccc4ccccc34)[C@@H]3Oc4c(OCc5ccccc5)ccc5c4[C@@]31CCN(CC1CC1)[C@@H]2C5. The fourth-order valence-corrected chi connectivity index (χ4v) is 9.06. The van der Waals surface area contributed by atoms with Crippen LogP contribution < -0.4 is 9.47 Å². The van der Waals surface area contributed by atoms with E-state index in [9.17, 15) is 5.11 Å². The number of piperidine rings is 1. The quantitative estimate of drug-likeness (QED) is 0.259. The van der Waals surface area contributed by atoms with Gasteiger partial charge in [-0.05, 0) is 84.5 Å². The van der Waals surface area contributed by atoms with E-state index in [1.54, 1.807) is 0 Å². The number of nitrogens with zero attached hydrogens (tertiary/aromatic N) is 1. The third-order valence-electron chi connectivity index (χ3n) is 11.3. The normalized spacial score (nSPS) is 30.6. The standard InChI is InChI=1S/C38H39NO4/c40-38-18-17-32(42-24-29-11-6-10-27-9-4-5-12-30(27)29)36-37(38)19-20-39(22-25-13-14-25)33(38)21-28-15-16-31(35(43-36)34(28)37)41-23-26-7-2-1-3-8-26/h1-12,15-16,25,32-33,36,40H,13-14,17-24H2/t32-,33+,36-,37-,38+/m0/s1. The largest absolute Gasteiger partial charge is 0.485 e. The lowest BCUT2D eigenvalue weighted by molar-refractivity contribution is -0.217. The predicted octanol–water partition coefficient (Wildman–Crippen LogP) is 6.57. The summed E-state index contributed by atoms with van der Waals surface area (Å²) in [7, 11) is 0. The Morgan fingerprint density at radius 1 is 0.860 bits per heavy atom. The van der Waals surface area contributed by atoms with Crippen molar-refractivity contribution >= 4 is 10.8 Å². The molecule has 43 heavy (non-hydrogen) atoms. The van der Waals surface area contributed by atoms with Crippen molar-refractivity contribution in [2.75, 3.05) is 13.1 Å². The van der Waals surface area contributed by atoms with Crippen molar-refractivity contribution in [2.24, 2.45) is 5.92 Å². The van der Waals surface area contributed by atoms with Gasteiger partial charge in [-0.25, -0.2) is 0 Å². The first-order valence-corrected chi connectivity index (χ1v) is 16.2. The molecule has 220 valence electrons. The van der Waals surface area contributed by atoms with Gasteiger partial charge >= 0.3 is 0 Å². The number of benzene rings is 4. The van der Waals surface area contributed by atoms with Crippen LogP contribution in [0.25, 0.3) is 10.8 Å². The second-order valence-corrected chi connectivity index (χ2v) is 13.6. The Balaban J connectivity index is 1.09. The molecule has 5 heteroatoms. The van der Waals surface area contributed by atoms with E-state index in [-0.39, 0.29) is 18.2 Å². The zero-order chi connectivity index (χ0) is 28.6. The molecule has 1 saturated heterocycles. The van der Waals surface area contributed by atoms with Gasteiger partial charge in [0.1, 0.15) is 12.7 Å². The molecule has 1 N–H and O–H groups in total. The lowest BCUT2D eigenvalue weighted by Gasteiger charge is -2.64. The Morgan fingerprint density at radius 2 is 1.70 bits per heavy atom. The van der Waals surface area contributed by atoms with Gasteiger partial charge in [0.05, 0.1) is 23.7 Å². The smallest absolute Gasteiger partial charge is 0.166 e. The van der Waals surface area contributed by atoms with Gasteiger partial charge in [-0.3, -0.25) is 4.90 Å². The number of ether oxygens (including phenoxy) is 3. The number of likely N-dealkylation sites (tertiary alicyclic amines) is 1. The maximum Gasteiger partial charge on any atom is 0.166 e. The van der Waals surface area contributed by atoms with Gasteiger partial charge in [-0.2, -0.15) is 0 Å². The van der Waals surface area contributed by atoms with Crippen LogP contribution >= 0.6 is 0 Å². The molecular weight excluding hydrogens is 534 g/mol. The van der Waals surface area contributed by atoms with Gasteiger partial charge in [0, 0.05) is 18.2 Å². The van der Waals surface area contributed by atoms with Gasteiger partial charge in [0.2, 0.25) is 0 Å². The summed E-state index contributed by atoms with van der Waals surface area (Å²) in [4.78, 5) is 2.62. The first-order chi connectivity index (χ1) is 21.1. The maximum absolute atomic E-state index is 12.9. The summed E-state index contributed by atoms with van der Waals surface area (Å²) in [6.45, 7) is 3.11. The molecule has 2 heterocycles. The molecule has 3 aliphatic carbocycles. The van der Waals surface area contributed by atoms with Crippen LogP contribution in [-0.2, 0) is 29.8 Å². The fraction of sp³-hybridized carbons (Fsp3) is 0.421. The summed E-state index contributed by atoms with van der Waals surface area (Å²) < 4.78 is 20.4. The van der Waals surface area contributed by atoms with E-state index in [0.29, 0.717) is 13.2 Å². The van der Waals surface area contributed by atoms with E-state index >= 15 is 0 Å². The summed E-state index contributed by atoms with van der Waals surface area (Å²) >= 11 is 0. The molecule has 2 aliphatic heterocycles. The van der Waals surface area contributed by atoms with Crippen molar-refractivity contribution in [3.63, 3.8) is 0 Å². The Kier molecular flexibility index (Phi) is 5.95. The summed E-state index contributed by atoms with van der Waals surface area (Å²) in [5.41, 5.74) is 3.50. The molecule has 1 spiro atoms. The molecular formula is C38H39NO4. The van der Waals surface area contributed by atoms with Crippen LogP contribution in [0.4, 0.5) is 0 Å². The molecule has 0 amide bonds. The molecule has 4 aromatic carbocycles. The van der Waals surface area contributed by atoms with E-state index in [1.807, 2.05) is 18.2 Å². The lowest BCUT2D eigenvalue weighted by Crippen LogP contribution is -2.77. The van der Waals surface area contributed by atoms with E-state index in [0.717, 1.165) is 61.8 Å². The molecule has 0 radical (unpaired) electrons. The fourth-order valence-electron chi connectivity index (χ4n) is 9.06. The van der Waals surface area contributed by atoms with Gasteiger partial charge in [0.25, 0.3) is 0 Å². The second kappa shape index (κ2) is 9.82. The van der Waals surface area contributed by atoms with Crippen molar-refractivity contribution in [2.45, 2.75) is 81.0 Å². The minimum Gasteiger partial charge on any atom is -0.485 e. The van der Waals surface area contributed by atoms with Crippen LogP contribution in [0.15, 0.2) is 84.9 Å². The summed E-state index contributed by atoms with van der Waals surface area (Å²) in [5, 5.41) is 15.4. The highest BCUT2D eigenvalue weighted by Crippen LogP contribution is 2.66. The van der Waals surface area contributed by atoms with Crippen molar-refractivity contribution < 1.29 is 19.3 Å². The molecule has 4 aromatic rings. The Morgan fingerprint density at radius 3 is 2.58 bits per heavy atom. The van der Waals surface area contributed by atoms with Crippen LogP contribution in [0.2, 0.25) is 0 Å². The Bertz CT molecular complexity index is 1680. The monoisotopic (exact) mass is 573 g/mol. The zero-order valence-electron chi connectivity index (χ0n) is 24.6. The van der Waals surface area contributed by atoms with Crippen molar-refractivity contribution in [3.8, 4) is 11.5 Å². The number of aliphatic hydroxyl groups is 1. The van der Waals surface area contributed by atoms with Gasteiger partial charge < -0.3 is 19.3 Å². The highest BCUT2D eigenvalue weighted by atomic mass is 16.6. The number of rotatable bonds is 8. The highest BCUT2D eigenvalue weighted by Gasteiger charge is 2.73. The molecule has 3 fully saturated rings. The average Bonchev–Trinajstić information content (AvgIpc) is 3.79. The van der Waals surface area contributed by atoms with Gasteiger partial charge in [-0.1, -0.05) is 78.9 Å². The van der Waals surface area contributed by atoms with Crippen LogP contribution in [0.3, 0.4) is 0 Å². The zero-order valence-corrected chi connectivity index (χ0v) is 24.6. The van der Waals surface area contributed by atoms with Crippen LogP contribution in [-0.4, -0.2) is 46.9 Å². The van der Waals surface area contributed by atoms with Crippen LogP contribution in [0.1, 0.15) is 54.4 Å². The minimum absolute atomic E-state index is 0.113. The number of hydrogen-bond donors (Lipinski definition) is 1. The number of hydrogen-bond acceptors (Lipinski definition) is 5.